The van der Waals surface area contributed by atoms with Gasteiger partial charge in [-0.3, -0.25) is 19.2 Å². The minimum atomic E-state index is -1.03. The highest BCUT2D eigenvalue weighted by Gasteiger charge is 2.37. The summed E-state index contributed by atoms with van der Waals surface area (Å²) in [7, 11) is 0. The molecule has 0 saturated carbocycles. The first-order valence-corrected chi connectivity index (χ1v) is 9.44. The number of carbonyl (C=O) groups is 4. The second-order valence-corrected chi connectivity index (χ2v) is 7.38. The molecule has 0 unspecified atom stereocenters. The average molecular weight is 400 g/mol. The van der Waals surface area contributed by atoms with Crippen molar-refractivity contribution in [2.75, 3.05) is 6.54 Å². The van der Waals surface area contributed by atoms with Crippen LogP contribution in [-0.4, -0.2) is 46.0 Å². The van der Waals surface area contributed by atoms with Crippen LogP contribution in [0, 0.1) is 19.8 Å². The molecule has 29 heavy (non-hydrogen) atoms. The predicted molar refractivity (Wildman–Crippen MR) is 102 cm³/mol. The van der Waals surface area contributed by atoms with Crippen molar-refractivity contribution in [2.45, 2.75) is 46.8 Å². The molecule has 1 aliphatic heterocycles. The van der Waals surface area contributed by atoms with Crippen molar-refractivity contribution in [3.8, 4) is 0 Å². The van der Waals surface area contributed by atoms with Crippen molar-refractivity contribution in [1.29, 1.82) is 0 Å². The van der Waals surface area contributed by atoms with Gasteiger partial charge >= 0.3 is 5.97 Å². The number of likely N-dealkylation sites (tertiary alicyclic amines) is 1. The molecule has 3 rings (SSSR count). The molecule has 1 amide bonds. The Labute approximate surface area is 168 Å². The molecule has 8 nitrogen and oxygen atoms in total. The number of rotatable bonds is 7. The average Bonchev–Trinajstić information content (AvgIpc) is 3.35. The van der Waals surface area contributed by atoms with Crippen molar-refractivity contribution in [3.05, 3.63) is 46.7 Å². The Hall–Kier alpha value is -3.16. The quantitative estimate of drug-likeness (QED) is 0.565. The van der Waals surface area contributed by atoms with Crippen LogP contribution in [0.25, 0.3) is 0 Å². The second-order valence-electron chi connectivity index (χ2n) is 7.38. The number of aromatic nitrogens is 1. The number of ketones is 2. The maximum absolute atomic E-state index is 12.7. The number of furan rings is 1. The van der Waals surface area contributed by atoms with Gasteiger partial charge in [0.2, 0.25) is 11.7 Å². The van der Waals surface area contributed by atoms with Crippen molar-refractivity contribution >= 4 is 23.4 Å². The van der Waals surface area contributed by atoms with Gasteiger partial charge in [-0.25, -0.2) is 0 Å². The van der Waals surface area contributed by atoms with E-state index in [9.17, 15) is 19.2 Å². The van der Waals surface area contributed by atoms with Gasteiger partial charge in [-0.05, 0) is 45.4 Å². The largest absolute Gasteiger partial charge is 0.467 e. The Morgan fingerprint density at radius 1 is 1.34 bits per heavy atom. The Morgan fingerprint density at radius 3 is 2.66 bits per heavy atom. The normalized spacial score (nSPS) is 17.4. The zero-order valence-electron chi connectivity index (χ0n) is 16.9. The number of ether oxygens (including phenoxy) is 1. The summed E-state index contributed by atoms with van der Waals surface area (Å²) in [6.07, 6.45) is 0.528. The number of Topliss-reactive ketones (excluding diaryl/α,β-unsaturated/α-hetero) is 2. The standard InChI is InChI=1S/C21H24N2O6/c1-11-18(13(3)24)12(2)22-19(11)20(26)14(4)29-21(27)15-8-17(25)23(9-15)10-16-6-5-7-28-16/h5-7,14-15,22H,8-10H2,1-4H3/t14-,15-/m1/s1. The number of aryl methyl sites for hydroxylation is 1. The molecule has 0 aromatic carbocycles. The van der Waals surface area contributed by atoms with Gasteiger partial charge in [0.25, 0.3) is 0 Å². The maximum atomic E-state index is 12.7. The van der Waals surface area contributed by atoms with Gasteiger partial charge in [0.15, 0.2) is 11.9 Å². The van der Waals surface area contributed by atoms with Crippen LogP contribution < -0.4 is 0 Å². The van der Waals surface area contributed by atoms with Crippen LogP contribution in [0.15, 0.2) is 22.8 Å². The van der Waals surface area contributed by atoms with E-state index in [1.54, 1.807) is 26.0 Å². The number of nitrogens with zero attached hydrogens (tertiary/aromatic N) is 1. The van der Waals surface area contributed by atoms with E-state index >= 15 is 0 Å². The fourth-order valence-corrected chi connectivity index (χ4v) is 3.73. The molecule has 1 saturated heterocycles. The third-order valence-electron chi connectivity index (χ3n) is 5.17. The van der Waals surface area contributed by atoms with Crippen LogP contribution in [-0.2, 0) is 20.9 Å². The van der Waals surface area contributed by atoms with Gasteiger partial charge < -0.3 is 19.0 Å². The molecule has 1 N–H and O–H groups in total. The Morgan fingerprint density at radius 2 is 2.07 bits per heavy atom. The van der Waals surface area contributed by atoms with Crippen molar-refractivity contribution in [2.24, 2.45) is 5.92 Å². The van der Waals surface area contributed by atoms with E-state index in [1.165, 1.54) is 25.0 Å². The van der Waals surface area contributed by atoms with Crippen molar-refractivity contribution in [3.63, 3.8) is 0 Å². The lowest BCUT2D eigenvalue weighted by molar-refractivity contribution is -0.151. The summed E-state index contributed by atoms with van der Waals surface area (Å²) in [4.78, 5) is 53.6. The molecule has 2 aromatic rings. The summed E-state index contributed by atoms with van der Waals surface area (Å²) in [6, 6.07) is 3.49. The molecule has 3 heterocycles. The van der Waals surface area contributed by atoms with Gasteiger partial charge in [0.05, 0.1) is 24.4 Å². The van der Waals surface area contributed by atoms with E-state index in [-0.39, 0.29) is 30.3 Å². The van der Waals surface area contributed by atoms with E-state index < -0.39 is 23.8 Å². The highest BCUT2D eigenvalue weighted by Crippen LogP contribution is 2.24. The topological polar surface area (TPSA) is 110 Å². The lowest BCUT2D eigenvalue weighted by Gasteiger charge is -2.16. The summed E-state index contributed by atoms with van der Waals surface area (Å²) in [6.45, 7) is 6.83. The van der Waals surface area contributed by atoms with Crippen molar-refractivity contribution < 1.29 is 28.3 Å². The first-order valence-electron chi connectivity index (χ1n) is 9.44. The third kappa shape index (κ3) is 4.16. The number of aromatic amines is 1. The molecule has 2 atom stereocenters. The SMILES string of the molecule is CC(=O)c1c(C)[nH]c(C(=O)[C@@H](C)OC(=O)[C@@H]2CC(=O)N(Cc3ccco3)C2)c1C. The fraction of sp³-hybridized carbons (Fsp3) is 0.429. The molecule has 8 heteroatoms. The maximum Gasteiger partial charge on any atom is 0.311 e. The smallest absolute Gasteiger partial charge is 0.311 e. The number of nitrogens with one attached hydrogen (secondary N) is 1. The Balaban J connectivity index is 1.63. The zero-order valence-corrected chi connectivity index (χ0v) is 16.9. The summed E-state index contributed by atoms with van der Waals surface area (Å²) in [5, 5.41) is 0. The number of H-pyrrole nitrogens is 1. The first-order chi connectivity index (χ1) is 13.7. The number of amides is 1. The molecule has 1 fully saturated rings. The summed E-state index contributed by atoms with van der Waals surface area (Å²) in [5.74, 6) is -1.30. The molecular weight excluding hydrogens is 376 g/mol. The Bertz CT molecular complexity index is 956. The van der Waals surface area contributed by atoms with E-state index in [2.05, 4.69) is 4.98 Å². The minimum absolute atomic E-state index is 0.0373. The number of hydrogen-bond donors (Lipinski definition) is 1. The first kappa shape index (κ1) is 20.6. The molecule has 154 valence electrons. The predicted octanol–water partition coefficient (Wildman–Crippen LogP) is 2.59. The number of esters is 1. The van der Waals surface area contributed by atoms with E-state index in [0.717, 1.165) is 0 Å². The molecule has 2 aromatic heterocycles. The van der Waals surface area contributed by atoms with Crippen molar-refractivity contribution in [1.82, 2.24) is 9.88 Å². The number of hydrogen-bond acceptors (Lipinski definition) is 6. The molecule has 0 bridgehead atoms. The lowest BCUT2D eigenvalue weighted by Crippen LogP contribution is -2.30. The minimum Gasteiger partial charge on any atom is -0.467 e. The zero-order chi connectivity index (χ0) is 21.3. The summed E-state index contributed by atoms with van der Waals surface area (Å²) >= 11 is 0. The van der Waals surface area contributed by atoms with Crippen LogP contribution in [0.2, 0.25) is 0 Å². The molecule has 0 spiro atoms. The highest BCUT2D eigenvalue weighted by molar-refractivity contribution is 6.05. The highest BCUT2D eigenvalue weighted by atomic mass is 16.5. The van der Waals surface area contributed by atoms with Gasteiger partial charge in [0, 0.05) is 24.2 Å². The molecule has 0 radical (unpaired) electrons. The summed E-state index contributed by atoms with van der Waals surface area (Å²) in [5.41, 5.74) is 1.88. The molecule has 1 aliphatic rings. The lowest BCUT2D eigenvalue weighted by atomic mass is 10.0. The third-order valence-corrected chi connectivity index (χ3v) is 5.17. The van der Waals surface area contributed by atoms with Gasteiger partial charge in [-0.15, -0.1) is 0 Å². The number of carbonyl (C=O) groups excluding carboxylic acids is 4. The Kier molecular flexibility index (Phi) is 5.72. The van der Waals surface area contributed by atoms with E-state index in [1.807, 2.05) is 0 Å². The van der Waals surface area contributed by atoms with E-state index in [4.69, 9.17) is 9.15 Å². The van der Waals surface area contributed by atoms with Gasteiger partial charge in [0.1, 0.15) is 5.76 Å². The van der Waals surface area contributed by atoms with E-state index in [0.29, 0.717) is 29.1 Å². The van der Waals surface area contributed by atoms with Crippen LogP contribution >= 0.6 is 0 Å². The van der Waals surface area contributed by atoms with Crippen LogP contribution in [0.5, 0.6) is 0 Å². The fourth-order valence-electron chi connectivity index (χ4n) is 3.73. The van der Waals surface area contributed by atoms with Gasteiger partial charge in [-0.1, -0.05) is 0 Å². The van der Waals surface area contributed by atoms with Crippen LogP contribution in [0.3, 0.4) is 0 Å². The molecule has 0 aliphatic carbocycles. The monoisotopic (exact) mass is 400 g/mol. The van der Waals surface area contributed by atoms with Crippen LogP contribution in [0.4, 0.5) is 0 Å². The van der Waals surface area contributed by atoms with Crippen LogP contribution in [0.1, 0.15) is 58.1 Å². The van der Waals surface area contributed by atoms with Gasteiger partial charge in [-0.2, -0.15) is 0 Å². The molecular formula is C21H24N2O6. The second kappa shape index (κ2) is 8.06. The summed E-state index contributed by atoms with van der Waals surface area (Å²) < 4.78 is 10.6.